The number of carbonyl (C=O) groups is 3. The zero-order chi connectivity index (χ0) is 24.9. The molecule has 2 N–H and O–H groups in total. The number of rotatable bonds is 5. The Kier molecular flexibility index (Phi) is 6.88. The molecular formula is C27H24N4O4. The van der Waals surface area contributed by atoms with Gasteiger partial charge in [0.2, 0.25) is 0 Å². The fraction of sp³-hybridized carbons (Fsp3) is 0.222. The van der Waals surface area contributed by atoms with E-state index in [0.717, 1.165) is 18.4 Å². The molecule has 0 radical (unpaired) electrons. The maximum absolute atomic E-state index is 13.2. The van der Waals surface area contributed by atoms with Gasteiger partial charge in [0, 0.05) is 36.7 Å². The largest absolute Gasteiger partial charge is 0.478 e. The van der Waals surface area contributed by atoms with Crippen molar-refractivity contribution in [3.05, 3.63) is 94.3 Å². The number of carbonyl (C=O) groups excluding carboxylic acids is 2. The number of aromatic carboxylic acids is 1. The summed E-state index contributed by atoms with van der Waals surface area (Å²) < 4.78 is 0. The van der Waals surface area contributed by atoms with Gasteiger partial charge in [-0.3, -0.25) is 14.6 Å². The molecule has 2 amide bonds. The molecule has 3 aromatic rings. The molecule has 0 saturated carbocycles. The minimum Gasteiger partial charge on any atom is -0.478 e. The van der Waals surface area contributed by atoms with Crippen molar-refractivity contribution in [2.75, 3.05) is 18.4 Å². The fourth-order valence-corrected chi connectivity index (χ4v) is 4.19. The van der Waals surface area contributed by atoms with Crippen molar-refractivity contribution in [3.63, 3.8) is 0 Å². The summed E-state index contributed by atoms with van der Waals surface area (Å²) in [6.45, 7) is 3.05. The highest BCUT2D eigenvalue weighted by molar-refractivity contribution is 6.06. The zero-order valence-corrected chi connectivity index (χ0v) is 19.2. The van der Waals surface area contributed by atoms with Crippen LogP contribution in [0.25, 0.3) is 0 Å². The van der Waals surface area contributed by atoms with Gasteiger partial charge in [-0.15, -0.1) is 0 Å². The summed E-state index contributed by atoms with van der Waals surface area (Å²) in [5.41, 5.74) is 3.58. The van der Waals surface area contributed by atoms with Gasteiger partial charge in [0.25, 0.3) is 11.8 Å². The summed E-state index contributed by atoms with van der Waals surface area (Å²) in [5, 5.41) is 20.9. The monoisotopic (exact) mass is 468 g/mol. The van der Waals surface area contributed by atoms with E-state index in [1.807, 2.05) is 36.1 Å². The molecule has 1 aromatic heterocycles. The number of nitrogens with one attached hydrogen (secondary N) is 1. The standard InChI is InChI=1S/C27H24N4O4/c1-17-2-5-21(13-24(17)30-25(32)22-12-23(27(34)35)16-29-15-22)26(33)31-10-8-20(9-11-31)19-6-3-18(14-28)4-7-19/h2-7,12-13,15-16,20H,8-11H2,1H3,(H,30,32)(H,34,35). The summed E-state index contributed by atoms with van der Waals surface area (Å²) in [4.78, 5) is 42.6. The summed E-state index contributed by atoms with van der Waals surface area (Å²) in [7, 11) is 0. The van der Waals surface area contributed by atoms with Gasteiger partial charge in [-0.05, 0) is 67.1 Å². The Morgan fingerprint density at radius 3 is 2.34 bits per heavy atom. The van der Waals surface area contributed by atoms with Crippen molar-refractivity contribution < 1.29 is 19.5 Å². The minimum absolute atomic E-state index is 0.0808. The molecule has 1 aliphatic heterocycles. The SMILES string of the molecule is Cc1ccc(C(=O)N2CCC(c3ccc(C#N)cc3)CC2)cc1NC(=O)c1cncc(C(=O)O)c1. The lowest BCUT2D eigenvalue weighted by molar-refractivity contribution is 0.0692. The molecule has 2 heterocycles. The van der Waals surface area contributed by atoms with E-state index < -0.39 is 11.9 Å². The first kappa shape index (κ1) is 23.6. The van der Waals surface area contributed by atoms with Crippen LogP contribution in [0.4, 0.5) is 5.69 Å². The van der Waals surface area contributed by atoms with Crippen molar-refractivity contribution >= 4 is 23.5 Å². The normalized spacial score (nSPS) is 13.7. The number of anilines is 1. The second-order valence-corrected chi connectivity index (χ2v) is 8.55. The number of carboxylic acid groups (broad SMARTS) is 1. The number of benzene rings is 2. The van der Waals surface area contributed by atoms with Crippen molar-refractivity contribution in [2.45, 2.75) is 25.7 Å². The summed E-state index contributed by atoms with van der Waals surface area (Å²) >= 11 is 0. The number of hydrogen-bond donors (Lipinski definition) is 2. The third-order valence-electron chi connectivity index (χ3n) is 6.27. The number of nitrogens with zero attached hydrogens (tertiary/aromatic N) is 3. The van der Waals surface area contributed by atoms with E-state index in [1.165, 1.54) is 24.0 Å². The number of aromatic nitrogens is 1. The zero-order valence-electron chi connectivity index (χ0n) is 19.2. The molecule has 176 valence electrons. The second kappa shape index (κ2) is 10.2. The van der Waals surface area contributed by atoms with Crippen LogP contribution in [0.15, 0.2) is 60.9 Å². The fourth-order valence-electron chi connectivity index (χ4n) is 4.19. The molecule has 0 spiro atoms. The molecule has 1 aliphatic rings. The van der Waals surface area contributed by atoms with Crippen molar-refractivity contribution in [3.8, 4) is 6.07 Å². The van der Waals surface area contributed by atoms with Crippen LogP contribution in [0.1, 0.15) is 66.5 Å². The van der Waals surface area contributed by atoms with Crippen LogP contribution in [0.2, 0.25) is 0 Å². The highest BCUT2D eigenvalue weighted by Gasteiger charge is 2.25. The Hall–Kier alpha value is -4.51. The van der Waals surface area contributed by atoms with Crippen LogP contribution in [0.3, 0.4) is 0 Å². The van der Waals surface area contributed by atoms with Crippen LogP contribution >= 0.6 is 0 Å². The first-order valence-corrected chi connectivity index (χ1v) is 11.3. The molecule has 0 bridgehead atoms. The molecule has 8 nitrogen and oxygen atoms in total. The molecule has 8 heteroatoms. The van der Waals surface area contributed by atoms with Crippen LogP contribution in [-0.2, 0) is 0 Å². The maximum Gasteiger partial charge on any atom is 0.337 e. The minimum atomic E-state index is -1.17. The van der Waals surface area contributed by atoms with E-state index in [4.69, 9.17) is 10.4 Å². The highest BCUT2D eigenvalue weighted by Crippen LogP contribution is 2.29. The van der Waals surface area contributed by atoms with E-state index in [-0.39, 0.29) is 17.0 Å². The van der Waals surface area contributed by atoms with Crippen molar-refractivity contribution in [2.24, 2.45) is 0 Å². The number of pyridine rings is 1. The van der Waals surface area contributed by atoms with Crippen LogP contribution in [0.5, 0.6) is 0 Å². The van der Waals surface area contributed by atoms with Gasteiger partial charge in [0.15, 0.2) is 0 Å². The lowest BCUT2D eigenvalue weighted by atomic mass is 9.89. The van der Waals surface area contributed by atoms with E-state index in [9.17, 15) is 14.4 Å². The van der Waals surface area contributed by atoms with Crippen molar-refractivity contribution in [1.29, 1.82) is 5.26 Å². The van der Waals surface area contributed by atoms with E-state index in [2.05, 4.69) is 16.4 Å². The molecule has 35 heavy (non-hydrogen) atoms. The van der Waals surface area contributed by atoms with Crippen LogP contribution < -0.4 is 5.32 Å². The first-order chi connectivity index (χ1) is 16.9. The number of hydrogen-bond acceptors (Lipinski definition) is 5. The van der Waals surface area contributed by atoms with Gasteiger partial charge < -0.3 is 15.3 Å². The van der Waals surface area contributed by atoms with Crippen LogP contribution in [0, 0.1) is 18.3 Å². The number of carboxylic acids is 1. The maximum atomic E-state index is 13.2. The van der Waals surface area contributed by atoms with Gasteiger partial charge in [-0.1, -0.05) is 18.2 Å². The predicted molar refractivity (Wildman–Crippen MR) is 129 cm³/mol. The first-order valence-electron chi connectivity index (χ1n) is 11.3. The lowest BCUT2D eigenvalue weighted by Crippen LogP contribution is -2.38. The number of piperidine rings is 1. The van der Waals surface area contributed by atoms with Gasteiger partial charge in [0.05, 0.1) is 22.8 Å². The molecule has 0 atom stereocenters. The topological polar surface area (TPSA) is 123 Å². The Morgan fingerprint density at radius 2 is 1.69 bits per heavy atom. The van der Waals surface area contributed by atoms with Gasteiger partial charge in [-0.25, -0.2) is 4.79 Å². The number of amides is 2. The highest BCUT2D eigenvalue weighted by atomic mass is 16.4. The average molecular weight is 469 g/mol. The lowest BCUT2D eigenvalue weighted by Gasteiger charge is -2.32. The molecule has 2 aromatic carbocycles. The Labute approximate surface area is 202 Å². The summed E-state index contributed by atoms with van der Waals surface area (Å²) in [5.74, 6) is -1.43. The third-order valence-corrected chi connectivity index (χ3v) is 6.27. The van der Waals surface area contributed by atoms with Gasteiger partial charge in [0.1, 0.15) is 0 Å². The van der Waals surface area contributed by atoms with Gasteiger partial charge in [-0.2, -0.15) is 5.26 Å². The van der Waals surface area contributed by atoms with E-state index >= 15 is 0 Å². The average Bonchev–Trinajstić information content (AvgIpc) is 2.89. The van der Waals surface area contributed by atoms with E-state index in [1.54, 1.807) is 18.2 Å². The van der Waals surface area contributed by atoms with Crippen LogP contribution in [-0.4, -0.2) is 45.9 Å². The van der Waals surface area contributed by atoms with E-state index in [0.29, 0.717) is 35.8 Å². The Bertz CT molecular complexity index is 1320. The molecule has 0 aliphatic carbocycles. The molecular weight excluding hydrogens is 444 g/mol. The van der Waals surface area contributed by atoms with Crippen molar-refractivity contribution in [1.82, 2.24) is 9.88 Å². The third kappa shape index (κ3) is 5.36. The molecule has 1 fully saturated rings. The number of nitriles is 1. The molecule has 4 rings (SSSR count). The Morgan fingerprint density at radius 1 is 1.00 bits per heavy atom. The smallest absolute Gasteiger partial charge is 0.337 e. The summed E-state index contributed by atoms with van der Waals surface area (Å²) in [6, 6.07) is 16.2. The number of aryl methyl sites for hydroxylation is 1. The molecule has 0 unspecified atom stereocenters. The quantitative estimate of drug-likeness (QED) is 0.578. The molecule has 1 saturated heterocycles. The second-order valence-electron chi connectivity index (χ2n) is 8.55. The summed E-state index contributed by atoms with van der Waals surface area (Å²) in [6.07, 6.45) is 4.14. The Balaban J connectivity index is 1.43. The van der Waals surface area contributed by atoms with Gasteiger partial charge >= 0.3 is 5.97 Å². The number of likely N-dealkylation sites (tertiary alicyclic amines) is 1. The predicted octanol–water partition coefficient (Wildman–Crippen LogP) is 4.23.